The molecule has 0 bridgehead atoms. The van der Waals surface area contributed by atoms with Gasteiger partial charge in [0.05, 0.1) is 25.1 Å². The number of morpholine rings is 1. The summed E-state index contributed by atoms with van der Waals surface area (Å²) in [6.07, 6.45) is 6.08. The predicted octanol–water partition coefficient (Wildman–Crippen LogP) is 2.45. The summed E-state index contributed by atoms with van der Waals surface area (Å²) >= 11 is 0. The molecule has 1 aliphatic carbocycles. The van der Waals surface area contributed by atoms with Crippen molar-refractivity contribution in [1.82, 2.24) is 20.4 Å². The van der Waals surface area contributed by atoms with Crippen LogP contribution in [0.4, 0.5) is 16.3 Å². The van der Waals surface area contributed by atoms with Gasteiger partial charge in [0.25, 0.3) is 0 Å². The molecule has 2 fully saturated rings. The molecule has 1 saturated heterocycles. The Bertz CT molecular complexity index is 794. The van der Waals surface area contributed by atoms with E-state index in [4.69, 9.17) is 9.26 Å². The van der Waals surface area contributed by atoms with Gasteiger partial charge < -0.3 is 19.5 Å². The lowest BCUT2D eigenvalue weighted by atomic mass is 9.97. The standard InChI is InChI=1S/C19H26N6O3/c1-2-16-22-17(24-28-16)19(7-3-4-8-19)23-18(26)21-15-6-5-14(13-20-15)25-9-11-27-12-10-25/h5-6,13H,2-4,7-12H2,1H3,(H2,20,21,23,26). The zero-order valence-electron chi connectivity index (χ0n) is 16.1. The first-order valence-corrected chi connectivity index (χ1v) is 9.89. The Hall–Kier alpha value is -2.68. The summed E-state index contributed by atoms with van der Waals surface area (Å²) in [5, 5.41) is 10.00. The van der Waals surface area contributed by atoms with E-state index in [1.807, 2.05) is 19.1 Å². The van der Waals surface area contributed by atoms with Crippen LogP contribution in [0, 0.1) is 0 Å². The third-order valence-corrected chi connectivity index (χ3v) is 5.37. The van der Waals surface area contributed by atoms with Gasteiger partial charge in [-0.2, -0.15) is 4.98 Å². The Morgan fingerprint density at radius 3 is 2.68 bits per heavy atom. The second-order valence-corrected chi connectivity index (χ2v) is 7.23. The third-order valence-electron chi connectivity index (χ3n) is 5.37. The van der Waals surface area contributed by atoms with Crippen molar-refractivity contribution in [2.24, 2.45) is 0 Å². The Morgan fingerprint density at radius 2 is 2.04 bits per heavy atom. The highest BCUT2D eigenvalue weighted by molar-refractivity contribution is 5.89. The molecule has 150 valence electrons. The highest BCUT2D eigenvalue weighted by Crippen LogP contribution is 2.37. The number of hydrogen-bond donors (Lipinski definition) is 2. The van der Waals surface area contributed by atoms with E-state index in [-0.39, 0.29) is 6.03 Å². The topological polar surface area (TPSA) is 105 Å². The van der Waals surface area contributed by atoms with E-state index in [1.54, 1.807) is 6.20 Å². The lowest BCUT2D eigenvalue weighted by molar-refractivity contribution is 0.122. The van der Waals surface area contributed by atoms with E-state index in [0.29, 0.717) is 24.0 Å². The molecule has 2 aliphatic rings. The summed E-state index contributed by atoms with van der Waals surface area (Å²) < 4.78 is 10.6. The van der Waals surface area contributed by atoms with E-state index >= 15 is 0 Å². The van der Waals surface area contributed by atoms with Gasteiger partial charge in [-0.25, -0.2) is 9.78 Å². The van der Waals surface area contributed by atoms with Gasteiger partial charge in [-0.15, -0.1) is 0 Å². The molecule has 2 aromatic rings. The van der Waals surface area contributed by atoms with E-state index in [1.165, 1.54) is 0 Å². The zero-order chi connectivity index (χ0) is 19.4. The van der Waals surface area contributed by atoms with Gasteiger partial charge in [0.15, 0.2) is 5.82 Å². The molecule has 0 aromatic carbocycles. The first kappa shape index (κ1) is 18.7. The molecule has 2 N–H and O–H groups in total. The number of carbonyl (C=O) groups excluding carboxylic acids is 1. The number of hydrogen-bond acceptors (Lipinski definition) is 7. The molecular weight excluding hydrogens is 360 g/mol. The van der Waals surface area contributed by atoms with E-state index in [0.717, 1.165) is 57.7 Å². The Labute approximate surface area is 163 Å². The smallest absolute Gasteiger partial charge is 0.321 e. The molecule has 0 radical (unpaired) electrons. The fraction of sp³-hybridized carbons (Fsp3) is 0.579. The third kappa shape index (κ3) is 3.94. The molecule has 9 nitrogen and oxygen atoms in total. The van der Waals surface area contributed by atoms with Crippen molar-refractivity contribution in [3.63, 3.8) is 0 Å². The van der Waals surface area contributed by atoms with Gasteiger partial charge in [0, 0.05) is 19.5 Å². The van der Waals surface area contributed by atoms with Crippen LogP contribution in [0.15, 0.2) is 22.9 Å². The van der Waals surface area contributed by atoms with Gasteiger partial charge in [-0.1, -0.05) is 24.9 Å². The highest BCUT2D eigenvalue weighted by Gasteiger charge is 2.41. The van der Waals surface area contributed by atoms with Gasteiger partial charge >= 0.3 is 6.03 Å². The average Bonchev–Trinajstić information content (AvgIpc) is 3.39. The van der Waals surface area contributed by atoms with E-state index in [9.17, 15) is 4.79 Å². The van der Waals surface area contributed by atoms with Crippen LogP contribution in [0.2, 0.25) is 0 Å². The molecule has 1 saturated carbocycles. The summed E-state index contributed by atoms with van der Waals surface area (Å²) in [7, 11) is 0. The molecule has 28 heavy (non-hydrogen) atoms. The summed E-state index contributed by atoms with van der Waals surface area (Å²) in [6.45, 7) is 5.11. The lowest BCUT2D eigenvalue weighted by Crippen LogP contribution is -2.46. The minimum Gasteiger partial charge on any atom is -0.378 e. The van der Waals surface area contributed by atoms with Gasteiger partial charge in [-0.3, -0.25) is 5.32 Å². The number of nitrogens with one attached hydrogen (secondary N) is 2. The number of pyridine rings is 1. The number of ether oxygens (including phenoxy) is 1. The fourth-order valence-corrected chi connectivity index (χ4v) is 3.81. The second-order valence-electron chi connectivity index (χ2n) is 7.23. The molecule has 1 aliphatic heterocycles. The number of rotatable bonds is 5. The number of aromatic nitrogens is 3. The molecule has 2 amide bonds. The van der Waals surface area contributed by atoms with Crippen molar-refractivity contribution in [1.29, 1.82) is 0 Å². The minimum atomic E-state index is -0.575. The van der Waals surface area contributed by atoms with Crippen LogP contribution >= 0.6 is 0 Å². The van der Waals surface area contributed by atoms with Crippen molar-refractivity contribution >= 4 is 17.5 Å². The van der Waals surface area contributed by atoms with Crippen molar-refractivity contribution in [2.75, 3.05) is 36.5 Å². The van der Waals surface area contributed by atoms with Gasteiger partial charge in [-0.05, 0) is 25.0 Å². The number of aryl methyl sites for hydroxylation is 1. The van der Waals surface area contributed by atoms with Crippen LogP contribution in [0.1, 0.15) is 44.3 Å². The van der Waals surface area contributed by atoms with Crippen LogP contribution in [-0.2, 0) is 16.7 Å². The van der Waals surface area contributed by atoms with Crippen LogP contribution in [0.3, 0.4) is 0 Å². The van der Waals surface area contributed by atoms with Gasteiger partial charge in [0.1, 0.15) is 11.4 Å². The lowest BCUT2D eigenvalue weighted by Gasteiger charge is -2.28. The molecular formula is C19H26N6O3. The molecule has 3 heterocycles. The van der Waals surface area contributed by atoms with Crippen molar-refractivity contribution < 1.29 is 14.1 Å². The molecule has 0 atom stereocenters. The number of carbonyl (C=O) groups is 1. The molecule has 4 rings (SSSR count). The quantitative estimate of drug-likeness (QED) is 0.813. The van der Waals surface area contributed by atoms with Crippen molar-refractivity contribution in [3.8, 4) is 0 Å². The SMILES string of the molecule is CCc1nc(C2(NC(=O)Nc3ccc(N4CCOCC4)cn3)CCCC2)no1. The normalized spacial score (nSPS) is 18.8. The Kier molecular flexibility index (Phi) is 5.43. The maximum absolute atomic E-state index is 12.6. The van der Waals surface area contributed by atoms with E-state index < -0.39 is 5.54 Å². The second kappa shape index (κ2) is 8.14. The summed E-state index contributed by atoms with van der Waals surface area (Å²) in [5.41, 5.74) is 0.454. The van der Waals surface area contributed by atoms with Crippen molar-refractivity contribution in [3.05, 3.63) is 30.0 Å². The molecule has 9 heteroatoms. The summed E-state index contributed by atoms with van der Waals surface area (Å²) in [6, 6.07) is 3.47. The van der Waals surface area contributed by atoms with Crippen LogP contribution in [-0.4, -0.2) is 47.5 Å². The van der Waals surface area contributed by atoms with Crippen molar-refractivity contribution in [2.45, 2.75) is 44.6 Å². The number of amides is 2. The van der Waals surface area contributed by atoms with Gasteiger partial charge in [0.2, 0.25) is 5.89 Å². The predicted molar refractivity (Wildman–Crippen MR) is 103 cm³/mol. The number of nitrogens with zero attached hydrogens (tertiary/aromatic N) is 4. The van der Waals surface area contributed by atoms with Crippen LogP contribution in [0.5, 0.6) is 0 Å². The number of urea groups is 1. The Morgan fingerprint density at radius 1 is 1.25 bits per heavy atom. The molecule has 0 spiro atoms. The summed E-state index contributed by atoms with van der Waals surface area (Å²) in [4.78, 5) is 23.7. The largest absolute Gasteiger partial charge is 0.378 e. The molecule has 0 unspecified atom stereocenters. The maximum atomic E-state index is 12.6. The fourth-order valence-electron chi connectivity index (χ4n) is 3.81. The highest BCUT2D eigenvalue weighted by atomic mass is 16.5. The van der Waals surface area contributed by atoms with Crippen LogP contribution in [0.25, 0.3) is 0 Å². The summed E-state index contributed by atoms with van der Waals surface area (Å²) in [5.74, 6) is 1.65. The van der Waals surface area contributed by atoms with E-state index in [2.05, 4.69) is 30.7 Å². The first-order valence-electron chi connectivity index (χ1n) is 9.89. The Balaban J connectivity index is 1.41. The first-order chi connectivity index (χ1) is 13.7. The monoisotopic (exact) mass is 386 g/mol. The zero-order valence-corrected chi connectivity index (χ0v) is 16.1. The van der Waals surface area contributed by atoms with Crippen LogP contribution < -0.4 is 15.5 Å². The number of anilines is 2. The molecule has 2 aromatic heterocycles. The maximum Gasteiger partial charge on any atom is 0.321 e. The average molecular weight is 386 g/mol. The minimum absolute atomic E-state index is 0.309.